The van der Waals surface area contributed by atoms with Gasteiger partial charge >= 0.3 is 0 Å². The summed E-state index contributed by atoms with van der Waals surface area (Å²) in [6.45, 7) is 2.69. The lowest BCUT2D eigenvalue weighted by Gasteiger charge is -2.07. The summed E-state index contributed by atoms with van der Waals surface area (Å²) in [5.41, 5.74) is 4.37. The summed E-state index contributed by atoms with van der Waals surface area (Å²) in [7, 11) is 0. The van der Waals surface area contributed by atoms with E-state index in [-0.39, 0.29) is 11.7 Å². The number of benzene rings is 2. The summed E-state index contributed by atoms with van der Waals surface area (Å²) in [4.78, 5) is 12.0. The Morgan fingerprint density at radius 2 is 1.96 bits per heavy atom. The number of hydrogen-bond acceptors (Lipinski definition) is 7. The molecule has 2 aromatic carbocycles. The Labute approximate surface area is 172 Å². The molecule has 8 heteroatoms. The fraction of sp³-hybridized carbons (Fsp3) is 0.200. The highest BCUT2D eigenvalue weighted by atomic mass is 32.2. The first-order valence-electron chi connectivity index (χ1n) is 8.81. The molecule has 28 heavy (non-hydrogen) atoms. The van der Waals surface area contributed by atoms with Gasteiger partial charge in [0.25, 0.3) is 5.91 Å². The minimum absolute atomic E-state index is 0.204. The van der Waals surface area contributed by atoms with Crippen LogP contribution in [0.2, 0.25) is 0 Å². The number of hydrazone groups is 1. The molecule has 0 unspecified atom stereocenters. The van der Waals surface area contributed by atoms with Crippen LogP contribution in [0.15, 0.2) is 64.0 Å². The lowest BCUT2D eigenvalue weighted by Crippen LogP contribution is -2.19. The number of thioether (sulfide) groups is 1. The van der Waals surface area contributed by atoms with Gasteiger partial charge in [0, 0.05) is 11.1 Å². The van der Waals surface area contributed by atoms with E-state index in [2.05, 4.69) is 27.6 Å². The summed E-state index contributed by atoms with van der Waals surface area (Å²) in [6.07, 6.45) is 2.52. The summed E-state index contributed by atoms with van der Waals surface area (Å²) in [5, 5.41) is 13.2. The lowest BCUT2D eigenvalue weighted by atomic mass is 10.2. The first-order chi connectivity index (χ1) is 13.8. The van der Waals surface area contributed by atoms with Gasteiger partial charge in [-0.15, -0.1) is 10.2 Å². The number of para-hydroxylation sites is 1. The molecule has 3 aromatic rings. The van der Waals surface area contributed by atoms with E-state index >= 15 is 0 Å². The fourth-order valence-electron chi connectivity index (χ4n) is 2.23. The van der Waals surface area contributed by atoms with Crippen molar-refractivity contribution < 1.29 is 9.53 Å². The van der Waals surface area contributed by atoms with Crippen molar-refractivity contribution in [2.24, 2.45) is 5.10 Å². The van der Waals surface area contributed by atoms with Gasteiger partial charge in [-0.25, -0.2) is 5.43 Å². The quantitative estimate of drug-likeness (QED) is 0.323. The molecule has 0 fully saturated rings. The molecule has 0 aliphatic rings. The van der Waals surface area contributed by atoms with Crippen LogP contribution in [0.1, 0.15) is 18.9 Å². The van der Waals surface area contributed by atoms with Crippen LogP contribution < -0.4 is 10.2 Å². The normalized spacial score (nSPS) is 10.9. The molecule has 0 aliphatic heterocycles. The zero-order chi connectivity index (χ0) is 19.6. The molecule has 1 N–H and O–H groups in total. The first kappa shape index (κ1) is 20.0. The van der Waals surface area contributed by atoms with Crippen molar-refractivity contribution in [2.45, 2.75) is 17.7 Å². The van der Waals surface area contributed by atoms with Crippen molar-refractivity contribution >= 4 is 35.2 Å². The second-order valence-electron chi connectivity index (χ2n) is 5.71. The predicted molar refractivity (Wildman–Crippen MR) is 114 cm³/mol. The maximum Gasteiger partial charge on any atom is 0.250 e. The van der Waals surface area contributed by atoms with E-state index in [4.69, 9.17) is 4.74 Å². The van der Waals surface area contributed by atoms with Crippen LogP contribution in [0, 0.1) is 0 Å². The number of ether oxygens (including phenoxy) is 1. The summed E-state index contributed by atoms with van der Waals surface area (Å²) < 4.78 is 6.41. The van der Waals surface area contributed by atoms with Gasteiger partial charge in [-0.05, 0) is 18.6 Å². The molecule has 1 aromatic heterocycles. The van der Waals surface area contributed by atoms with E-state index in [1.165, 1.54) is 23.1 Å². The Morgan fingerprint density at radius 1 is 1.18 bits per heavy atom. The van der Waals surface area contributed by atoms with Crippen LogP contribution in [-0.2, 0) is 4.79 Å². The number of aromatic nitrogens is 2. The zero-order valence-electron chi connectivity index (χ0n) is 15.4. The monoisotopic (exact) mass is 412 g/mol. The maximum atomic E-state index is 12.0. The number of nitrogens with zero attached hydrogens (tertiary/aromatic N) is 3. The van der Waals surface area contributed by atoms with Crippen molar-refractivity contribution in [2.75, 3.05) is 12.4 Å². The van der Waals surface area contributed by atoms with Crippen LogP contribution in [-0.4, -0.2) is 34.7 Å². The largest absolute Gasteiger partial charge is 0.493 e. The molecule has 1 amide bonds. The highest BCUT2D eigenvalue weighted by molar-refractivity contribution is 8.01. The van der Waals surface area contributed by atoms with Gasteiger partial charge in [0.1, 0.15) is 10.8 Å². The van der Waals surface area contributed by atoms with Crippen molar-refractivity contribution in [3.8, 4) is 16.3 Å². The third-order valence-corrected chi connectivity index (χ3v) is 5.63. The molecule has 0 saturated carbocycles. The zero-order valence-corrected chi connectivity index (χ0v) is 17.0. The van der Waals surface area contributed by atoms with Gasteiger partial charge < -0.3 is 4.74 Å². The van der Waals surface area contributed by atoms with Crippen LogP contribution in [0.25, 0.3) is 10.6 Å². The molecule has 0 saturated heterocycles. The van der Waals surface area contributed by atoms with E-state index in [0.29, 0.717) is 6.61 Å². The summed E-state index contributed by atoms with van der Waals surface area (Å²) in [6, 6.07) is 17.4. The minimum Gasteiger partial charge on any atom is -0.493 e. The molecule has 0 radical (unpaired) electrons. The Bertz CT molecular complexity index is 929. The molecule has 0 atom stereocenters. The Kier molecular flexibility index (Phi) is 7.57. The van der Waals surface area contributed by atoms with Gasteiger partial charge in [0.2, 0.25) is 0 Å². The van der Waals surface area contributed by atoms with Crippen molar-refractivity contribution in [3.63, 3.8) is 0 Å². The van der Waals surface area contributed by atoms with E-state index < -0.39 is 0 Å². The predicted octanol–water partition coefficient (Wildman–Crippen LogP) is 4.24. The van der Waals surface area contributed by atoms with Crippen LogP contribution in [0.3, 0.4) is 0 Å². The minimum atomic E-state index is -0.204. The average molecular weight is 413 g/mol. The molecule has 0 spiro atoms. The third kappa shape index (κ3) is 5.90. The number of carbonyl (C=O) groups excluding carboxylic acids is 1. The number of nitrogens with one attached hydrogen (secondary N) is 1. The van der Waals surface area contributed by atoms with Crippen molar-refractivity contribution in [3.05, 3.63) is 60.2 Å². The van der Waals surface area contributed by atoms with E-state index in [9.17, 15) is 4.79 Å². The van der Waals surface area contributed by atoms with E-state index in [1.54, 1.807) is 6.21 Å². The van der Waals surface area contributed by atoms with E-state index in [1.807, 2.05) is 54.6 Å². The summed E-state index contributed by atoms with van der Waals surface area (Å²) >= 11 is 2.80. The summed E-state index contributed by atoms with van der Waals surface area (Å²) in [5.74, 6) is 0.762. The number of rotatable bonds is 9. The highest BCUT2D eigenvalue weighted by Gasteiger charge is 2.09. The molecule has 144 valence electrons. The van der Waals surface area contributed by atoms with Crippen LogP contribution in [0.4, 0.5) is 0 Å². The molecule has 0 aliphatic carbocycles. The molecule has 3 rings (SSSR count). The Balaban J connectivity index is 1.49. The van der Waals surface area contributed by atoms with Crippen molar-refractivity contribution in [1.82, 2.24) is 15.6 Å². The van der Waals surface area contributed by atoms with Gasteiger partial charge in [-0.3, -0.25) is 4.79 Å². The second-order valence-corrected chi connectivity index (χ2v) is 7.91. The second kappa shape index (κ2) is 10.6. The molecular formula is C20H20N4O2S2. The van der Waals surface area contributed by atoms with E-state index in [0.717, 1.165) is 32.6 Å². The first-order valence-corrected chi connectivity index (χ1v) is 10.6. The van der Waals surface area contributed by atoms with Gasteiger partial charge in [0.05, 0.1) is 18.6 Å². The highest BCUT2D eigenvalue weighted by Crippen LogP contribution is 2.28. The van der Waals surface area contributed by atoms with Crippen LogP contribution in [0.5, 0.6) is 5.75 Å². The molecule has 6 nitrogen and oxygen atoms in total. The smallest absolute Gasteiger partial charge is 0.250 e. The van der Waals surface area contributed by atoms with Crippen molar-refractivity contribution in [1.29, 1.82) is 0 Å². The maximum absolute atomic E-state index is 12.0. The topological polar surface area (TPSA) is 76.5 Å². The standard InChI is InChI=1S/C20H20N4O2S2/c1-2-12-26-17-11-7-6-10-16(17)13-21-22-18(25)14-27-20-24-23-19(28-20)15-8-4-3-5-9-15/h3-11,13H,2,12,14H2,1H3,(H,22,25). The molecular weight excluding hydrogens is 392 g/mol. The SMILES string of the molecule is CCCOc1ccccc1C=NNC(=O)CSc1nnc(-c2ccccc2)s1. The van der Waals surface area contributed by atoms with Gasteiger partial charge in [0.15, 0.2) is 4.34 Å². The molecule has 1 heterocycles. The number of hydrogen-bond donors (Lipinski definition) is 1. The lowest BCUT2D eigenvalue weighted by molar-refractivity contribution is -0.118. The van der Waals surface area contributed by atoms with Crippen LogP contribution >= 0.6 is 23.1 Å². The fourth-order valence-corrected chi connectivity index (χ4v) is 3.88. The third-order valence-electron chi connectivity index (χ3n) is 3.53. The van der Waals surface area contributed by atoms with Gasteiger partial charge in [-0.2, -0.15) is 5.10 Å². The Morgan fingerprint density at radius 3 is 2.79 bits per heavy atom. The average Bonchev–Trinajstić information content (AvgIpc) is 3.21. The number of amides is 1. The molecule has 0 bridgehead atoms. The van der Waals surface area contributed by atoms with Gasteiger partial charge in [-0.1, -0.05) is 72.5 Å². The Hall–Kier alpha value is -2.71. The number of carbonyl (C=O) groups is 1.